The van der Waals surface area contributed by atoms with E-state index in [1.165, 1.54) is 0 Å². The Hall–Kier alpha value is -6.85. The van der Waals surface area contributed by atoms with Crippen LogP contribution in [0.25, 0.3) is 64.6 Å². The molecule has 19 heteroatoms. The maximum atomic E-state index is 6.98. The third kappa shape index (κ3) is 19.8. The number of benzene rings is 8. The molecule has 0 unspecified atom stereocenters. The second-order valence-electron chi connectivity index (χ2n) is 25.3. The average Bonchev–Trinajstić information content (AvgIpc) is 0.734. The van der Waals surface area contributed by atoms with E-state index >= 15 is 0 Å². The Morgan fingerprint density at radius 3 is 0.485 bits per heavy atom. The number of hydrogen-bond acceptors (Lipinski definition) is 17. The van der Waals surface area contributed by atoms with Crippen LogP contribution in [0.1, 0.15) is 171 Å². The van der Waals surface area contributed by atoms with E-state index in [9.17, 15) is 0 Å². The normalized spacial score (nSPS) is 11.9. The maximum absolute atomic E-state index is 6.98. The Balaban J connectivity index is 1.07. The van der Waals surface area contributed by atoms with Crippen molar-refractivity contribution in [2.24, 2.45) is 0 Å². The number of hydrogen-bond donors (Lipinski definition) is 0. The molecule has 99 heavy (non-hydrogen) atoms. The molecule has 0 N–H and O–H groups in total. The maximum Gasteiger partial charge on any atom is 0.493 e. The number of fused-ring (bicyclic) bond motifs is 12. The van der Waals surface area contributed by atoms with Crippen molar-refractivity contribution in [2.75, 3.05) is 109 Å². The zero-order chi connectivity index (χ0) is 70.6. The Morgan fingerprint density at radius 1 is 0.202 bits per heavy atom. The molecule has 0 spiro atoms. The van der Waals surface area contributed by atoms with E-state index in [1.54, 1.807) is 42.7 Å². The summed E-state index contributed by atoms with van der Waals surface area (Å²) >= 11 is 0. The first-order valence-corrected chi connectivity index (χ1v) is 40.7. The number of ether oxygens (including phenoxy) is 12. The molecule has 8 aromatic rings. The Kier molecular flexibility index (Phi) is 31.4. The lowest BCUT2D eigenvalue weighted by molar-refractivity contribution is 0.0840. The van der Waals surface area contributed by atoms with Crippen LogP contribution in [-0.4, -0.2) is 126 Å². The van der Waals surface area contributed by atoms with Crippen LogP contribution in [0.3, 0.4) is 0 Å². The molecule has 0 amide bonds. The smallest absolute Gasteiger partial charge is 0.493 e. The van der Waals surface area contributed by atoms with Gasteiger partial charge in [0, 0.05) is 40.5 Å². The first kappa shape index (κ1) is 77.9. The number of rotatable bonds is 50. The minimum atomic E-state index is -3.48. The summed E-state index contributed by atoms with van der Waals surface area (Å²) in [5.41, 5.74) is 0. The highest BCUT2D eigenvalue weighted by atomic mass is 28.5. The second-order valence-corrected chi connectivity index (χ2v) is 31.5. The van der Waals surface area contributed by atoms with Crippen LogP contribution in [0.2, 0.25) is 12.1 Å². The van der Waals surface area contributed by atoms with Gasteiger partial charge in [0.1, 0.15) is 0 Å². The number of unbranched alkanes of at least 4 members (excludes halogenated alkanes) is 8. The molecular formula is C80H114O17Si2. The Labute approximate surface area is 591 Å². The summed E-state index contributed by atoms with van der Waals surface area (Å²) in [5, 5.41) is 11.8. The first-order chi connectivity index (χ1) is 48.4. The van der Waals surface area contributed by atoms with Crippen LogP contribution in [0, 0.1) is 0 Å². The van der Waals surface area contributed by atoms with Crippen molar-refractivity contribution < 1.29 is 78.7 Å². The van der Waals surface area contributed by atoms with Crippen LogP contribution in [0.5, 0.6) is 69.0 Å². The van der Waals surface area contributed by atoms with Crippen LogP contribution in [0.4, 0.5) is 0 Å². The lowest BCUT2D eigenvalue weighted by Gasteiger charge is -2.35. The Bertz CT molecular complexity index is 3570. The van der Waals surface area contributed by atoms with Gasteiger partial charge in [-0.2, -0.15) is 0 Å². The monoisotopic (exact) mass is 1400 g/mol. The van der Waals surface area contributed by atoms with Gasteiger partial charge in [0.05, 0.1) is 80.3 Å². The molecule has 8 rings (SSSR count). The highest BCUT2D eigenvalue weighted by Gasteiger charge is 2.51. The molecule has 0 saturated carbocycles. The summed E-state index contributed by atoms with van der Waals surface area (Å²) in [5.74, 6) is 8.01. The third-order valence-electron chi connectivity index (χ3n) is 18.1. The van der Waals surface area contributed by atoms with Gasteiger partial charge in [-0.05, 0) is 202 Å². The Morgan fingerprint density at radius 2 is 0.343 bits per heavy atom. The molecule has 0 aromatic heterocycles. The van der Waals surface area contributed by atoms with Gasteiger partial charge >= 0.3 is 17.6 Å². The minimum Gasteiger partial charge on any atom is -0.493 e. The van der Waals surface area contributed by atoms with Crippen LogP contribution in [-0.2, 0) is 21.8 Å². The summed E-state index contributed by atoms with van der Waals surface area (Å²) in [6.07, 6.45) is 16.5. The first-order valence-electron chi connectivity index (χ1n) is 36.8. The van der Waals surface area contributed by atoms with Gasteiger partial charge in [-0.15, -0.1) is 0 Å². The van der Waals surface area contributed by atoms with Crippen LogP contribution >= 0.6 is 0 Å². The molecule has 8 aromatic carbocycles. The zero-order valence-electron chi connectivity index (χ0n) is 62.1. The molecular weight excluding hydrogens is 1290 g/mol. The van der Waals surface area contributed by atoms with Crippen molar-refractivity contribution in [1.82, 2.24) is 0 Å². The van der Waals surface area contributed by atoms with Gasteiger partial charge in [0.25, 0.3) is 0 Å². The van der Waals surface area contributed by atoms with Gasteiger partial charge in [-0.1, -0.05) is 107 Å². The van der Waals surface area contributed by atoms with E-state index in [0.29, 0.717) is 135 Å². The quantitative estimate of drug-likeness (QED) is 0.0201. The van der Waals surface area contributed by atoms with Gasteiger partial charge in [-0.3, -0.25) is 0 Å². The van der Waals surface area contributed by atoms with Crippen molar-refractivity contribution >= 4 is 82.2 Å². The highest BCUT2D eigenvalue weighted by molar-refractivity contribution is 6.75. The van der Waals surface area contributed by atoms with Crippen LogP contribution < -0.4 is 56.8 Å². The largest absolute Gasteiger partial charge is 0.493 e. The SMILES string of the molecule is CCCCOc1cc2c3cc(OC)c(OCCC[Si](OC)(OC)O[Si](CCCOc4cc5c(cc4OC)c4cc(OCCCC)c(OCCCC)cc4c4cc(OCCCC)c(OCCCC)cc54)(OC)OC)cc3c3cc(OCCCC)c(OCCCC)cc3c2cc1OCCCC. The van der Waals surface area contributed by atoms with E-state index in [4.69, 9.17) is 78.7 Å². The summed E-state index contributed by atoms with van der Waals surface area (Å²) in [7, 11) is 2.85. The number of methoxy groups -OCH3 is 2. The molecule has 0 aliphatic rings. The fourth-order valence-electron chi connectivity index (χ4n) is 12.1. The molecule has 17 nitrogen and oxygen atoms in total. The minimum absolute atomic E-state index is 0.289. The van der Waals surface area contributed by atoms with E-state index in [0.717, 1.165) is 179 Å². The van der Waals surface area contributed by atoms with Crippen molar-refractivity contribution in [3.05, 3.63) is 72.8 Å². The fourth-order valence-corrected chi connectivity index (χ4v) is 18.5. The van der Waals surface area contributed by atoms with E-state index in [2.05, 4.69) is 128 Å². The summed E-state index contributed by atoms with van der Waals surface area (Å²) in [6.45, 7) is 22.5. The lowest BCUT2D eigenvalue weighted by Crippen LogP contribution is -2.57. The van der Waals surface area contributed by atoms with E-state index in [1.807, 2.05) is 0 Å². The standard InChI is InChI=1S/C80H114O17Si2/c1-15-23-33-87-73-49-61-57-45-69(81-9)71(47-59(57)63-51-75(89-35-25-17-3)79(93-39-29-21-7)55-67(63)65(61)53-77(73)91-37-27-19-5)95-41-31-43-98(83-11,84-12)97-99(85-13,86-14)44-32-42-96-72-48-60-58(46-70(72)82-10)62-50-74(88-34-24-16-2)78(92-38-28-20-6)54-66(62)68-56-80(94-40-30-22-8)76(52-64(60)68)90-36-26-18-4/h45-56H,15-44H2,1-14H3. The predicted octanol–water partition coefficient (Wildman–Crippen LogP) is 20.8. The van der Waals surface area contributed by atoms with Gasteiger partial charge in [0.2, 0.25) is 0 Å². The van der Waals surface area contributed by atoms with Crippen molar-refractivity contribution in [3.63, 3.8) is 0 Å². The molecule has 0 aliphatic heterocycles. The summed E-state index contributed by atoms with van der Waals surface area (Å²) in [6, 6.07) is 26.1. The average molecular weight is 1400 g/mol. The molecule has 0 fully saturated rings. The predicted molar refractivity (Wildman–Crippen MR) is 405 cm³/mol. The molecule has 544 valence electrons. The molecule has 0 bridgehead atoms. The van der Waals surface area contributed by atoms with Crippen LogP contribution in [0.15, 0.2) is 72.8 Å². The molecule has 0 heterocycles. The van der Waals surface area contributed by atoms with Crippen molar-refractivity contribution in [2.45, 2.75) is 183 Å². The molecule has 0 atom stereocenters. The van der Waals surface area contributed by atoms with E-state index < -0.39 is 17.6 Å². The second kappa shape index (κ2) is 40.0. The molecule has 0 aliphatic carbocycles. The zero-order valence-corrected chi connectivity index (χ0v) is 64.1. The van der Waals surface area contributed by atoms with Gasteiger partial charge in [-0.25, -0.2) is 0 Å². The van der Waals surface area contributed by atoms with Gasteiger partial charge < -0.3 is 78.7 Å². The molecule has 0 saturated heterocycles. The van der Waals surface area contributed by atoms with Crippen molar-refractivity contribution in [3.8, 4) is 69.0 Å². The third-order valence-corrected chi connectivity index (χ3v) is 25.0. The molecule has 0 radical (unpaired) electrons. The van der Waals surface area contributed by atoms with Gasteiger partial charge in [0.15, 0.2) is 69.0 Å². The highest BCUT2D eigenvalue weighted by Crippen LogP contribution is 2.50. The topological polar surface area (TPSA) is 157 Å². The fraction of sp³-hybridized carbons (Fsp3) is 0.550. The summed E-state index contributed by atoms with van der Waals surface area (Å²) < 4.78 is 110. The lowest BCUT2D eigenvalue weighted by atomic mass is 9.93. The van der Waals surface area contributed by atoms with E-state index in [-0.39, 0.29) is 13.2 Å². The summed E-state index contributed by atoms with van der Waals surface area (Å²) in [4.78, 5) is 0. The van der Waals surface area contributed by atoms with Crippen molar-refractivity contribution in [1.29, 1.82) is 0 Å².